The first-order valence-electron chi connectivity index (χ1n) is 7.58. The van der Waals surface area contributed by atoms with Gasteiger partial charge in [0.25, 0.3) is 5.91 Å². The fourth-order valence-electron chi connectivity index (χ4n) is 2.91. The van der Waals surface area contributed by atoms with Crippen molar-refractivity contribution in [3.63, 3.8) is 0 Å². The van der Waals surface area contributed by atoms with Gasteiger partial charge in [0.2, 0.25) is 0 Å². The molecule has 0 saturated carbocycles. The van der Waals surface area contributed by atoms with Gasteiger partial charge < -0.3 is 4.90 Å². The molecule has 2 aromatic rings. The van der Waals surface area contributed by atoms with E-state index in [0.29, 0.717) is 28.7 Å². The number of aromatic nitrogens is 2. The molecule has 0 bridgehead atoms. The molecule has 1 amide bonds. The summed E-state index contributed by atoms with van der Waals surface area (Å²) >= 11 is 12.1. The van der Waals surface area contributed by atoms with Gasteiger partial charge in [0.05, 0.1) is 22.3 Å². The van der Waals surface area contributed by atoms with Gasteiger partial charge in [-0.3, -0.25) is 9.48 Å². The number of hydrogen-bond donors (Lipinski definition) is 0. The first-order chi connectivity index (χ1) is 10.8. The second-order valence-corrected chi connectivity index (χ2v) is 7.64. The van der Waals surface area contributed by atoms with Crippen LogP contribution >= 0.6 is 23.2 Å². The highest BCUT2D eigenvalue weighted by atomic mass is 35.5. The van der Waals surface area contributed by atoms with Crippen LogP contribution < -0.4 is 0 Å². The Bertz CT molecular complexity index is 762. The predicted molar refractivity (Wildman–Crippen MR) is 92.1 cm³/mol. The van der Waals surface area contributed by atoms with E-state index in [2.05, 4.69) is 30.6 Å². The highest BCUT2D eigenvalue weighted by molar-refractivity contribution is 6.35. The Labute approximate surface area is 146 Å². The molecule has 122 valence electrons. The van der Waals surface area contributed by atoms with Crippen LogP contribution in [0.25, 0.3) is 0 Å². The number of benzene rings is 1. The van der Waals surface area contributed by atoms with E-state index in [1.165, 1.54) is 5.69 Å². The van der Waals surface area contributed by atoms with E-state index >= 15 is 0 Å². The van der Waals surface area contributed by atoms with Crippen molar-refractivity contribution in [2.75, 3.05) is 6.54 Å². The molecule has 0 atom stereocenters. The third kappa shape index (κ3) is 3.10. The van der Waals surface area contributed by atoms with Crippen molar-refractivity contribution in [3.05, 3.63) is 51.3 Å². The molecular formula is C17H19Cl2N3O. The third-order valence-electron chi connectivity index (χ3n) is 4.02. The minimum absolute atomic E-state index is 0.0595. The molecule has 0 saturated heterocycles. The Balaban J connectivity index is 1.86. The van der Waals surface area contributed by atoms with Crippen molar-refractivity contribution in [1.82, 2.24) is 14.7 Å². The number of amides is 1. The van der Waals surface area contributed by atoms with Crippen molar-refractivity contribution in [2.24, 2.45) is 0 Å². The van der Waals surface area contributed by atoms with Crippen LogP contribution in [0.3, 0.4) is 0 Å². The molecule has 0 unspecified atom stereocenters. The lowest BCUT2D eigenvalue weighted by atomic mass is 10.0. The molecule has 2 heterocycles. The number of halogens is 2. The number of nitrogens with zero attached hydrogens (tertiary/aromatic N) is 3. The van der Waals surface area contributed by atoms with Gasteiger partial charge in [-0.05, 0) is 39.0 Å². The van der Waals surface area contributed by atoms with Gasteiger partial charge >= 0.3 is 0 Å². The second kappa shape index (κ2) is 5.84. The van der Waals surface area contributed by atoms with Crippen LogP contribution in [-0.2, 0) is 18.5 Å². The van der Waals surface area contributed by atoms with Gasteiger partial charge in [-0.1, -0.05) is 23.2 Å². The lowest BCUT2D eigenvalue weighted by Crippen LogP contribution is -2.37. The summed E-state index contributed by atoms with van der Waals surface area (Å²) in [4.78, 5) is 14.5. The van der Waals surface area contributed by atoms with Gasteiger partial charge in [-0.2, -0.15) is 5.10 Å². The first kappa shape index (κ1) is 16.3. The van der Waals surface area contributed by atoms with E-state index in [0.717, 1.165) is 12.0 Å². The zero-order valence-electron chi connectivity index (χ0n) is 13.4. The van der Waals surface area contributed by atoms with E-state index in [4.69, 9.17) is 23.2 Å². The fraction of sp³-hybridized carbons (Fsp3) is 0.412. The normalized spacial score (nSPS) is 14.7. The zero-order valence-corrected chi connectivity index (χ0v) is 14.9. The number of rotatable bonds is 1. The Morgan fingerprint density at radius 2 is 2.00 bits per heavy atom. The van der Waals surface area contributed by atoms with Crippen molar-refractivity contribution in [1.29, 1.82) is 0 Å². The largest absolute Gasteiger partial charge is 0.334 e. The molecular weight excluding hydrogens is 333 g/mol. The van der Waals surface area contributed by atoms with Gasteiger partial charge in [0, 0.05) is 35.8 Å². The molecule has 4 nitrogen and oxygen atoms in total. The molecule has 0 aliphatic carbocycles. The molecule has 0 radical (unpaired) electrons. The standard InChI is InChI=1S/C17H19Cl2N3O/c1-17(2,3)22-15-6-7-21(10-11(15)9-20-22)16(23)13-8-12(18)4-5-14(13)19/h4-5,8-9H,6-7,10H2,1-3H3. The Kier molecular flexibility index (Phi) is 4.15. The van der Waals surface area contributed by atoms with Crippen LogP contribution in [0.15, 0.2) is 24.4 Å². The van der Waals surface area contributed by atoms with E-state index in [9.17, 15) is 4.79 Å². The molecule has 1 aliphatic rings. The maximum atomic E-state index is 12.7. The maximum absolute atomic E-state index is 12.7. The summed E-state index contributed by atoms with van der Waals surface area (Å²) in [5.74, 6) is -0.0911. The number of hydrogen-bond acceptors (Lipinski definition) is 2. The summed E-state index contributed by atoms with van der Waals surface area (Å²) in [6, 6.07) is 4.97. The number of carbonyl (C=O) groups excluding carboxylic acids is 1. The van der Waals surface area contributed by atoms with E-state index in [1.807, 2.05) is 6.20 Å². The first-order valence-corrected chi connectivity index (χ1v) is 8.33. The van der Waals surface area contributed by atoms with E-state index < -0.39 is 0 Å². The Hall–Kier alpha value is -1.52. The van der Waals surface area contributed by atoms with Crippen molar-refractivity contribution >= 4 is 29.1 Å². The topological polar surface area (TPSA) is 38.1 Å². The maximum Gasteiger partial charge on any atom is 0.255 e. The summed E-state index contributed by atoms with van der Waals surface area (Å²) < 4.78 is 2.05. The van der Waals surface area contributed by atoms with Crippen LogP contribution in [0.4, 0.5) is 0 Å². The monoisotopic (exact) mass is 351 g/mol. The summed E-state index contributed by atoms with van der Waals surface area (Å²) in [6.07, 6.45) is 2.65. The second-order valence-electron chi connectivity index (χ2n) is 6.80. The highest BCUT2D eigenvalue weighted by Gasteiger charge is 2.28. The molecule has 23 heavy (non-hydrogen) atoms. The van der Waals surface area contributed by atoms with Gasteiger partial charge in [0.1, 0.15) is 0 Å². The minimum Gasteiger partial charge on any atom is -0.334 e. The van der Waals surface area contributed by atoms with Crippen LogP contribution in [0.2, 0.25) is 10.0 Å². The molecule has 0 N–H and O–H groups in total. The molecule has 6 heteroatoms. The summed E-state index contributed by atoms with van der Waals surface area (Å²) in [5.41, 5.74) is 2.69. The van der Waals surface area contributed by atoms with Gasteiger partial charge in [-0.25, -0.2) is 0 Å². The van der Waals surface area contributed by atoms with Gasteiger partial charge in [0.15, 0.2) is 0 Å². The minimum atomic E-state index is -0.0911. The molecule has 0 fully saturated rings. The number of fused-ring (bicyclic) bond motifs is 1. The lowest BCUT2D eigenvalue weighted by Gasteiger charge is -2.30. The van der Waals surface area contributed by atoms with Crippen molar-refractivity contribution in [3.8, 4) is 0 Å². The fourth-order valence-corrected chi connectivity index (χ4v) is 3.29. The smallest absolute Gasteiger partial charge is 0.255 e. The van der Waals surface area contributed by atoms with Crippen LogP contribution in [0.5, 0.6) is 0 Å². The summed E-state index contributed by atoms with van der Waals surface area (Å²) in [6.45, 7) is 7.58. The molecule has 1 aromatic carbocycles. The Morgan fingerprint density at radius 3 is 2.70 bits per heavy atom. The lowest BCUT2D eigenvalue weighted by molar-refractivity contribution is 0.0732. The zero-order chi connectivity index (χ0) is 16.8. The van der Waals surface area contributed by atoms with Gasteiger partial charge in [-0.15, -0.1) is 0 Å². The third-order valence-corrected chi connectivity index (χ3v) is 4.58. The quantitative estimate of drug-likeness (QED) is 0.774. The summed E-state index contributed by atoms with van der Waals surface area (Å²) in [7, 11) is 0. The van der Waals surface area contributed by atoms with Crippen molar-refractivity contribution in [2.45, 2.75) is 39.3 Å². The molecule has 0 spiro atoms. The number of carbonyl (C=O) groups is 1. The average Bonchev–Trinajstić information content (AvgIpc) is 2.92. The predicted octanol–water partition coefficient (Wildman–Crippen LogP) is 4.14. The Morgan fingerprint density at radius 1 is 1.26 bits per heavy atom. The highest BCUT2D eigenvalue weighted by Crippen LogP contribution is 2.27. The molecule has 1 aliphatic heterocycles. The SMILES string of the molecule is CC(C)(C)n1ncc2c1CCN(C(=O)c1cc(Cl)ccc1Cl)C2. The van der Waals surface area contributed by atoms with Crippen LogP contribution in [-0.4, -0.2) is 27.1 Å². The molecule has 3 rings (SSSR count). The molecule has 1 aromatic heterocycles. The van der Waals surface area contributed by atoms with Crippen molar-refractivity contribution < 1.29 is 4.79 Å². The van der Waals surface area contributed by atoms with Crippen LogP contribution in [0.1, 0.15) is 42.4 Å². The van der Waals surface area contributed by atoms with Crippen LogP contribution in [0, 0.1) is 0 Å². The average molecular weight is 352 g/mol. The van der Waals surface area contributed by atoms with E-state index in [1.54, 1.807) is 23.1 Å². The van der Waals surface area contributed by atoms with E-state index in [-0.39, 0.29) is 11.4 Å². The summed E-state index contributed by atoms with van der Waals surface area (Å²) in [5, 5.41) is 5.44.